The minimum absolute atomic E-state index is 0.00931. The highest BCUT2D eigenvalue weighted by molar-refractivity contribution is 5.97. The Labute approximate surface area is 106 Å². The molecular weight excluding hydrogens is 226 g/mol. The van der Waals surface area contributed by atoms with Crippen LogP contribution in [0.1, 0.15) is 10.4 Å². The van der Waals surface area contributed by atoms with Gasteiger partial charge in [-0.15, -0.1) is 0 Å². The fraction of sp³-hybridized carbons (Fsp3) is 0.133. The number of carbonyl (C=O) groups excluding carboxylic acids is 1. The average Bonchev–Trinajstić information content (AvgIpc) is 2.38. The zero-order valence-electron chi connectivity index (χ0n) is 10.4. The summed E-state index contributed by atoms with van der Waals surface area (Å²) in [6, 6.07) is 14.8. The van der Waals surface area contributed by atoms with Gasteiger partial charge in [0.05, 0.1) is 5.56 Å². The maximum absolute atomic E-state index is 11.8. The molecule has 1 N–H and O–H groups in total. The Morgan fingerprint density at radius 2 is 1.67 bits per heavy atom. The summed E-state index contributed by atoms with van der Waals surface area (Å²) in [6.45, 7) is 0. The van der Waals surface area contributed by atoms with Crippen molar-refractivity contribution in [3.8, 4) is 16.9 Å². The van der Waals surface area contributed by atoms with Crippen LogP contribution in [-0.2, 0) is 0 Å². The van der Waals surface area contributed by atoms with E-state index in [1.807, 2.05) is 36.4 Å². The Morgan fingerprint density at radius 1 is 1.00 bits per heavy atom. The van der Waals surface area contributed by atoms with E-state index in [0.717, 1.165) is 11.1 Å². The molecular formula is C15H15NO2. The number of hydrogen-bond acceptors (Lipinski definition) is 2. The molecule has 3 nitrogen and oxygen atoms in total. The standard InChI is InChI=1S/C15H15NO2/c1-16(2)15(18)13-9-8-12(10-14(13)17)11-6-4-3-5-7-11/h3-10,17H,1-2H3. The number of phenols is 1. The molecule has 0 unspecified atom stereocenters. The molecule has 2 rings (SSSR count). The van der Waals surface area contributed by atoms with E-state index in [0.29, 0.717) is 5.56 Å². The summed E-state index contributed by atoms with van der Waals surface area (Å²) in [5.74, 6) is -0.192. The van der Waals surface area contributed by atoms with E-state index in [4.69, 9.17) is 0 Å². The highest BCUT2D eigenvalue weighted by Crippen LogP contribution is 2.26. The summed E-state index contributed by atoms with van der Waals surface area (Å²) in [5.41, 5.74) is 2.22. The van der Waals surface area contributed by atoms with Crippen LogP contribution in [0.25, 0.3) is 11.1 Å². The van der Waals surface area contributed by atoms with Crippen molar-refractivity contribution in [1.82, 2.24) is 4.90 Å². The van der Waals surface area contributed by atoms with Gasteiger partial charge in [0.1, 0.15) is 5.75 Å². The first-order valence-electron chi connectivity index (χ1n) is 5.69. The van der Waals surface area contributed by atoms with Crippen LogP contribution in [-0.4, -0.2) is 30.0 Å². The number of rotatable bonds is 2. The Kier molecular flexibility index (Phi) is 3.33. The summed E-state index contributed by atoms with van der Waals surface area (Å²) >= 11 is 0. The molecule has 18 heavy (non-hydrogen) atoms. The first-order chi connectivity index (χ1) is 8.59. The van der Waals surface area contributed by atoms with Crippen LogP contribution in [0.3, 0.4) is 0 Å². The van der Waals surface area contributed by atoms with E-state index in [-0.39, 0.29) is 11.7 Å². The molecule has 0 saturated carbocycles. The molecule has 0 heterocycles. The smallest absolute Gasteiger partial charge is 0.257 e. The minimum atomic E-state index is -0.202. The molecule has 0 spiro atoms. The normalized spacial score (nSPS) is 10.1. The average molecular weight is 241 g/mol. The number of nitrogens with zero attached hydrogens (tertiary/aromatic N) is 1. The molecule has 0 aliphatic rings. The van der Waals surface area contributed by atoms with Gasteiger partial charge in [-0.25, -0.2) is 0 Å². The second-order valence-electron chi connectivity index (χ2n) is 4.30. The lowest BCUT2D eigenvalue weighted by molar-refractivity contribution is 0.0824. The van der Waals surface area contributed by atoms with Gasteiger partial charge in [0, 0.05) is 14.1 Å². The predicted octanol–water partition coefficient (Wildman–Crippen LogP) is 2.76. The molecule has 0 fully saturated rings. The molecule has 2 aromatic carbocycles. The Bertz CT molecular complexity index is 562. The first-order valence-corrected chi connectivity index (χ1v) is 5.69. The highest BCUT2D eigenvalue weighted by atomic mass is 16.3. The fourth-order valence-corrected chi connectivity index (χ4v) is 1.76. The highest BCUT2D eigenvalue weighted by Gasteiger charge is 2.13. The van der Waals surface area contributed by atoms with Crippen LogP contribution in [0.2, 0.25) is 0 Å². The van der Waals surface area contributed by atoms with Gasteiger partial charge < -0.3 is 10.0 Å². The topological polar surface area (TPSA) is 40.5 Å². The van der Waals surface area contributed by atoms with Crippen molar-refractivity contribution < 1.29 is 9.90 Å². The maximum atomic E-state index is 11.8. The van der Waals surface area contributed by atoms with Gasteiger partial charge >= 0.3 is 0 Å². The van der Waals surface area contributed by atoms with E-state index >= 15 is 0 Å². The van der Waals surface area contributed by atoms with Gasteiger partial charge in [0.2, 0.25) is 0 Å². The zero-order chi connectivity index (χ0) is 13.1. The van der Waals surface area contributed by atoms with Crippen LogP contribution in [0.4, 0.5) is 0 Å². The van der Waals surface area contributed by atoms with Crippen molar-refractivity contribution in [3.63, 3.8) is 0 Å². The third-order valence-electron chi connectivity index (χ3n) is 2.74. The predicted molar refractivity (Wildman–Crippen MR) is 71.6 cm³/mol. The number of carbonyl (C=O) groups is 1. The quantitative estimate of drug-likeness (QED) is 0.878. The Balaban J connectivity index is 2.40. The first kappa shape index (κ1) is 12.2. The molecule has 92 valence electrons. The third-order valence-corrected chi connectivity index (χ3v) is 2.74. The molecule has 0 aliphatic carbocycles. The summed E-state index contributed by atoms with van der Waals surface area (Å²) in [6.07, 6.45) is 0. The molecule has 0 aliphatic heterocycles. The van der Waals surface area contributed by atoms with Gasteiger partial charge in [-0.05, 0) is 23.3 Å². The third kappa shape index (κ3) is 2.35. The van der Waals surface area contributed by atoms with Crippen molar-refractivity contribution in [3.05, 3.63) is 54.1 Å². The largest absolute Gasteiger partial charge is 0.507 e. The van der Waals surface area contributed by atoms with Crippen LogP contribution < -0.4 is 0 Å². The van der Waals surface area contributed by atoms with Crippen molar-refractivity contribution in [2.45, 2.75) is 0 Å². The van der Waals surface area contributed by atoms with Crippen LogP contribution in [0.15, 0.2) is 48.5 Å². The van der Waals surface area contributed by atoms with Gasteiger partial charge in [0.25, 0.3) is 5.91 Å². The molecule has 0 radical (unpaired) electrons. The molecule has 0 bridgehead atoms. The lowest BCUT2D eigenvalue weighted by Crippen LogP contribution is -2.21. The maximum Gasteiger partial charge on any atom is 0.257 e. The van der Waals surface area contributed by atoms with Gasteiger partial charge in [-0.2, -0.15) is 0 Å². The lowest BCUT2D eigenvalue weighted by atomic mass is 10.0. The molecule has 0 aromatic heterocycles. The van der Waals surface area contributed by atoms with Crippen molar-refractivity contribution in [2.24, 2.45) is 0 Å². The number of phenolic OH excluding ortho intramolecular Hbond substituents is 1. The monoisotopic (exact) mass is 241 g/mol. The summed E-state index contributed by atoms with van der Waals surface area (Å²) in [4.78, 5) is 13.2. The van der Waals surface area contributed by atoms with E-state index < -0.39 is 0 Å². The lowest BCUT2D eigenvalue weighted by Gasteiger charge is -2.12. The molecule has 0 saturated heterocycles. The van der Waals surface area contributed by atoms with Crippen LogP contribution in [0, 0.1) is 0 Å². The Morgan fingerprint density at radius 3 is 2.22 bits per heavy atom. The number of benzene rings is 2. The second kappa shape index (κ2) is 4.92. The van der Waals surface area contributed by atoms with Crippen molar-refractivity contribution in [1.29, 1.82) is 0 Å². The van der Waals surface area contributed by atoms with E-state index in [2.05, 4.69) is 0 Å². The SMILES string of the molecule is CN(C)C(=O)c1ccc(-c2ccccc2)cc1O. The van der Waals surface area contributed by atoms with Gasteiger partial charge in [-0.1, -0.05) is 36.4 Å². The van der Waals surface area contributed by atoms with E-state index in [1.54, 1.807) is 26.2 Å². The van der Waals surface area contributed by atoms with E-state index in [1.165, 1.54) is 4.90 Å². The Hall–Kier alpha value is -2.29. The molecule has 0 atom stereocenters. The summed E-state index contributed by atoms with van der Waals surface area (Å²) < 4.78 is 0. The van der Waals surface area contributed by atoms with Gasteiger partial charge in [0.15, 0.2) is 0 Å². The molecule has 1 amide bonds. The zero-order valence-corrected chi connectivity index (χ0v) is 10.4. The number of aromatic hydroxyl groups is 1. The summed E-state index contributed by atoms with van der Waals surface area (Å²) in [5, 5.41) is 9.92. The van der Waals surface area contributed by atoms with Crippen LogP contribution in [0.5, 0.6) is 5.75 Å². The van der Waals surface area contributed by atoms with Crippen molar-refractivity contribution >= 4 is 5.91 Å². The second-order valence-corrected chi connectivity index (χ2v) is 4.30. The number of amides is 1. The van der Waals surface area contributed by atoms with Crippen molar-refractivity contribution in [2.75, 3.05) is 14.1 Å². The summed E-state index contributed by atoms with van der Waals surface area (Å²) in [7, 11) is 3.32. The molecule has 3 heteroatoms. The minimum Gasteiger partial charge on any atom is -0.507 e. The molecule has 2 aromatic rings. The number of hydrogen-bond donors (Lipinski definition) is 1. The van der Waals surface area contributed by atoms with Crippen LogP contribution >= 0.6 is 0 Å². The van der Waals surface area contributed by atoms with Gasteiger partial charge in [-0.3, -0.25) is 4.79 Å². The fourth-order valence-electron chi connectivity index (χ4n) is 1.76. The van der Waals surface area contributed by atoms with E-state index in [9.17, 15) is 9.90 Å².